The Morgan fingerprint density at radius 1 is 1.18 bits per heavy atom. The average Bonchev–Trinajstić information content (AvgIpc) is 2.74. The van der Waals surface area contributed by atoms with Crippen LogP contribution in [-0.4, -0.2) is 12.8 Å². The van der Waals surface area contributed by atoms with Gasteiger partial charge in [0.2, 0.25) is 5.43 Å². The van der Waals surface area contributed by atoms with Gasteiger partial charge in [0, 0.05) is 7.05 Å². The molecule has 0 atom stereocenters. The number of rotatable bonds is 4. The molecule has 0 saturated heterocycles. The molecule has 0 heterocycles. The van der Waals surface area contributed by atoms with Crippen LogP contribution in [0.3, 0.4) is 0 Å². The van der Waals surface area contributed by atoms with Gasteiger partial charge in [-0.3, -0.25) is 9.59 Å². The molecule has 0 aliphatic carbocycles. The molecule has 0 spiro atoms. The van der Waals surface area contributed by atoms with Crippen LogP contribution in [0.1, 0.15) is 21.5 Å². The molecule has 2 rings (SSSR count). The number of nitrogens with one attached hydrogen (secondary N) is 1. The first kappa shape index (κ1) is 15.2. The van der Waals surface area contributed by atoms with Crippen molar-refractivity contribution in [2.24, 2.45) is 0 Å². The third-order valence-corrected chi connectivity index (χ3v) is 3.10. The maximum Gasteiger partial charge on any atom is 0.212 e. The summed E-state index contributed by atoms with van der Waals surface area (Å²) in [4.78, 5) is 24.4. The van der Waals surface area contributed by atoms with Crippen molar-refractivity contribution in [3.63, 3.8) is 0 Å². The lowest BCUT2D eigenvalue weighted by molar-refractivity contribution is 0.104. The lowest BCUT2D eigenvalue weighted by Gasteiger charge is -1.96. The molecular weight excluding hydrogens is 276 g/mol. The molecule has 1 N–H and O–H groups in total. The van der Waals surface area contributed by atoms with Gasteiger partial charge in [-0.25, -0.2) is 0 Å². The number of hydrogen-bond donors (Lipinski definition) is 1. The molecule has 4 nitrogen and oxygen atoms in total. The third kappa shape index (κ3) is 3.47. The summed E-state index contributed by atoms with van der Waals surface area (Å²) >= 11 is 0. The van der Waals surface area contributed by atoms with E-state index in [4.69, 9.17) is 5.26 Å². The Balaban J connectivity index is 2.34. The molecular formula is C18H14N2O2. The first-order chi connectivity index (χ1) is 10.7. The van der Waals surface area contributed by atoms with Gasteiger partial charge in [0.15, 0.2) is 5.78 Å². The van der Waals surface area contributed by atoms with E-state index in [9.17, 15) is 9.59 Å². The van der Waals surface area contributed by atoms with Crippen LogP contribution < -0.4 is 10.7 Å². The summed E-state index contributed by atoms with van der Waals surface area (Å²) in [6, 6.07) is 15.4. The van der Waals surface area contributed by atoms with Gasteiger partial charge in [0.05, 0.1) is 22.9 Å². The van der Waals surface area contributed by atoms with Gasteiger partial charge < -0.3 is 5.32 Å². The smallest absolute Gasteiger partial charge is 0.212 e. The van der Waals surface area contributed by atoms with Crippen LogP contribution in [0.25, 0.3) is 6.08 Å². The van der Waals surface area contributed by atoms with Gasteiger partial charge in [-0.05, 0) is 35.9 Å². The maximum absolute atomic E-state index is 12.2. The number of benzene rings is 1. The summed E-state index contributed by atoms with van der Waals surface area (Å²) < 4.78 is 0. The van der Waals surface area contributed by atoms with Gasteiger partial charge in [0.25, 0.3) is 0 Å². The van der Waals surface area contributed by atoms with Crippen LogP contribution in [0.5, 0.6) is 0 Å². The Labute approximate surface area is 128 Å². The van der Waals surface area contributed by atoms with E-state index in [-0.39, 0.29) is 16.8 Å². The molecule has 0 bridgehead atoms. The van der Waals surface area contributed by atoms with E-state index in [0.717, 1.165) is 5.56 Å². The molecule has 0 radical (unpaired) electrons. The Kier molecular flexibility index (Phi) is 4.84. The molecule has 0 aliphatic rings. The zero-order valence-corrected chi connectivity index (χ0v) is 12.0. The largest absolute Gasteiger partial charge is 0.385 e. The maximum atomic E-state index is 12.2. The normalized spacial score (nSPS) is 10.2. The minimum atomic E-state index is -0.375. The summed E-state index contributed by atoms with van der Waals surface area (Å²) in [5.41, 5.74) is 1.37. The standard InChI is InChI=1S/C18H14N2O2/c1-20-16-8-3-2-7-15(18(16)22)17(21)10-9-13-5-4-6-14(11-13)12-19/h2-11H,1H3,(H,20,22)/b10-9+. The van der Waals surface area contributed by atoms with Gasteiger partial charge in [-0.15, -0.1) is 0 Å². The van der Waals surface area contributed by atoms with Crippen molar-refractivity contribution in [1.29, 1.82) is 5.26 Å². The predicted octanol–water partition coefficient (Wildman–Crippen LogP) is 2.86. The van der Waals surface area contributed by atoms with E-state index in [1.807, 2.05) is 6.07 Å². The van der Waals surface area contributed by atoms with Gasteiger partial charge in [-0.1, -0.05) is 30.3 Å². The fraction of sp³-hybridized carbons (Fsp3) is 0.0556. The van der Waals surface area contributed by atoms with E-state index in [0.29, 0.717) is 11.3 Å². The molecule has 22 heavy (non-hydrogen) atoms. The van der Waals surface area contributed by atoms with Crippen LogP contribution in [0, 0.1) is 11.3 Å². The molecule has 0 unspecified atom stereocenters. The second kappa shape index (κ2) is 7.00. The zero-order chi connectivity index (χ0) is 15.9. The number of hydrogen-bond acceptors (Lipinski definition) is 4. The van der Waals surface area contributed by atoms with Gasteiger partial charge >= 0.3 is 0 Å². The molecule has 4 heteroatoms. The van der Waals surface area contributed by atoms with Crippen molar-refractivity contribution in [3.05, 3.63) is 81.5 Å². The summed E-state index contributed by atoms with van der Waals surface area (Å²) in [6.07, 6.45) is 2.93. The highest BCUT2D eigenvalue weighted by Crippen LogP contribution is 2.08. The van der Waals surface area contributed by atoms with E-state index < -0.39 is 0 Å². The molecule has 0 amide bonds. The number of ketones is 1. The van der Waals surface area contributed by atoms with Crippen LogP contribution >= 0.6 is 0 Å². The monoisotopic (exact) mass is 290 g/mol. The van der Waals surface area contributed by atoms with E-state index in [2.05, 4.69) is 5.32 Å². The topological polar surface area (TPSA) is 70.0 Å². The fourth-order valence-corrected chi connectivity index (χ4v) is 1.96. The Morgan fingerprint density at radius 2 is 1.95 bits per heavy atom. The van der Waals surface area contributed by atoms with Crippen LogP contribution in [0.4, 0.5) is 5.69 Å². The fourth-order valence-electron chi connectivity index (χ4n) is 1.96. The van der Waals surface area contributed by atoms with Crippen molar-refractivity contribution in [2.45, 2.75) is 0 Å². The predicted molar refractivity (Wildman–Crippen MR) is 86.8 cm³/mol. The van der Waals surface area contributed by atoms with Crippen LogP contribution in [0.15, 0.2) is 59.4 Å². The molecule has 0 aliphatic heterocycles. The quantitative estimate of drug-likeness (QED) is 0.694. The Bertz CT molecular complexity index is 833. The van der Waals surface area contributed by atoms with Crippen LogP contribution in [0.2, 0.25) is 0 Å². The highest BCUT2D eigenvalue weighted by Gasteiger charge is 2.08. The number of carbonyl (C=O) groups excluding carboxylic acids is 1. The summed E-state index contributed by atoms with van der Waals surface area (Å²) in [5.74, 6) is -0.375. The Morgan fingerprint density at radius 3 is 2.68 bits per heavy atom. The molecule has 108 valence electrons. The number of nitriles is 1. The van der Waals surface area contributed by atoms with Crippen molar-refractivity contribution in [1.82, 2.24) is 0 Å². The Hall–Kier alpha value is -3.19. The summed E-state index contributed by atoms with van der Waals surface area (Å²) in [7, 11) is 1.63. The van der Waals surface area contributed by atoms with Crippen molar-refractivity contribution in [3.8, 4) is 6.07 Å². The van der Waals surface area contributed by atoms with E-state index >= 15 is 0 Å². The van der Waals surface area contributed by atoms with Gasteiger partial charge in [0.1, 0.15) is 0 Å². The highest BCUT2D eigenvalue weighted by atomic mass is 16.1. The summed E-state index contributed by atoms with van der Waals surface area (Å²) in [6.45, 7) is 0. The summed E-state index contributed by atoms with van der Waals surface area (Å²) in [5, 5.41) is 11.6. The van der Waals surface area contributed by atoms with Crippen molar-refractivity contribution >= 4 is 17.5 Å². The second-order valence-electron chi connectivity index (χ2n) is 4.56. The molecule has 0 saturated carbocycles. The second-order valence-corrected chi connectivity index (χ2v) is 4.56. The minimum absolute atomic E-state index is 0.0991. The minimum Gasteiger partial charge on any atom is -0.385 e. The number of carbonyl (C=O) groups is 1. The SMILES string of the molecule is CNc1ccccc(C(=O)/C=C/c2cccc(C#N)c2)c1=O. The van der Waals surface area contributed by atoms with E-state index in [1.54, 1.807) is 55.6 Å². The lowest BCUT2D eigenvalue weighted by atomic mass is 10.1. The first-order valence-electron chi connectivity index (χ1n) is 6.69. The number of anilines is 1. The lowest BCUT2D eigenvalue weighted by Crippen LogP contribution is -2.14. The first-order valence-corrected chi connectivity index (χ1v) is 6.69. The third-order valence-electron chi connectivity index (χ3n) is 3.10. The molecule has 0 aromatic heterocycles. The van der Waals surface area contributed by atoms with Crippen LogP contribution in [-0.2, 0) is 0 Å². The number of nitrogens with zero attached hydrogens (tertiary/aromatic N) is 1. The number of allylic oxidation sites excluding steroid dienone is 1. The average molecular weight is 290 g/mol. The molecule has 2 aromatic rings. The molecule has 2 aromatic carbocycles. The van der Waals surface area contributed by atoms with Gasteiger partial charge in [-0.2, -0.15) is 5.26 Å². The van der Waals surface area contributed by atoms with Crippen molar-refractivity contribution in [2.75, 3.05) is 12.4 Å². The van der Waals surface area contributed by atoms with E-state index in [1.165, 1.54) is 12.1 Å². The van der Waals surface area contributed by atoms with Crippen molar-refractivity contribution < 1.29 is 4.79 Å². The zero-order valence-electron chi connectivity index (χ0n) is 12.0. The highest BCUT2D eigenvalue weighted by molar-refractivity contribution is 6.07. The molecule has 0 fully saturated rings.